The Kier molecular flexibility index (Phi) is 6.36. The number of nitrogens with zero attached hydrogens (tertiary/aromatic N) is 5. The van der Waals surface area contributed by atoms with Gasteiger partial charge < -0.3 is 0 Å². The number of hydrogen-bond donors (Lipinski definition) is 0. The van der Waals surface area contributed by atoms with Gasteiger partial charge in [0.05, 0.1) is 24.0 Å². The largest absolute Gasteiger partial charge is 0.433 e. The van der Waals surface area contributed by atoms with Crippen LogP contribution in [0, 0.1) is 0 Å². The zero-order valence-corrected chi connectivity index (χ0v) is 18.9. The predicted octanol–water partition coefficient (Wildman–Crippen LogP) is 4.42. The molecule has 0 atom stereocenters. The fourth-order valence-electron chi connectivity index (χ4n) is 4.35. The van der Waals surface area contributed by atoms with E-state index in [1.54, 1.807) is 30.3 Å². The van der Waals surface area contributed by atoms with Crippen LogP contribution >= 0.6 is 0 Å². The van der Waals surface area contributed by atoms with Gasteiger partial charge in [-0.1, -0.05) is 60.7 Å². The molecule has 3 heterocycles. The molecule has 2 aromatic carbocycles. The van der Waals surface area contributed by atoms with Crippen LogP contribution in [0.25, 0.3) is 16.9 Å². The lowest BCUT2D eigenvalue weighted by Gasteiger charge is -2.34. The van der Waals surface area contributed by atoms with E-state index >= 15 is 0 Å². The van der Waals surface area contributed by atoms with Gasteiger partial charge >= 0.3 is 6.18 Å². The minimum absolute atomic E-state index is 0.0774. The number of fused-ring (bicyclic) bond motifs is 1. The molecule has 0 spiro atoms. The van der Waals surface area contributed by atoms with Crippen molar-refractivity contribution in [3.63, 3.8) is 0 Å². The first-order valence-electron chi connectivity index (χ1n) is 11.4. The summed E-state index contributed by atoms with van der Waals surface area (Å²) < 4.78 is 42.1. The summed E-state index contributed by atoms with van der Waals surface area (Å²) in [6, 6.07) is 19.8. The van der Waals surface area contributed by atoms with Gasteiger partial charge in [-0.15, -0.1) is 0 Å². The fourth-order valence-corrected chi connectivity index (χ4v) is 4.35. The second kappa shape index (κ2) is 9.59. The van der Waals surface area contributed by atoms with Crippen molar-refractivity contribution in [2.24, 2.45) is 0 Å². The topological polar surface area (TPSA) is 53.7 Å². The lowest BCUT2D eigenvalue weighted by molar-refractivity contribution is -0.142. The molecular weight excluding hydrogens is 455 g/mol. The number of aromatic nitrogens is 3. The maximum absolute atomic E-state index is 13.8. The summed E-state index contributed by atoms with van der Waals surface area (Å²) in [4.78, 5) is 21.9. The van der Waals surface area contributed by atoms with Gasteiger partial charge in [0.25, 0.3) is 0 Å². The highest BCUT2D eigenvalue weighted by atomic mass is 19.4. The summed E-state index contributed by atoms with van der Waals surface area (Å²) in [5.41, 5.74) is 0.981. The van der Waals surface area contributed by atoms with E-state index in [0.29, 0.717) is 18.7 Å². The molecule has 1 aliphatic rings. The second-order valence-electron chi connectivity index (χ2n) is 8.65. The quantitative estimate of drug-likeness (QED) is 0.384. The molecule has 1 fully saturated rings. The molecular formula is C26H24F3N5O. The van der Waals surface area contributed by atoms with Crippen molar-refractivity contribution in [3.8, 4) is 11.3 Å². The van der Waals surface area contributed by atoms with Gasteiger partial charge in [-0.2, -0.15) is 18.3 Å². The molecule has 0 aliphatic carbocycles. The number of alkyl halides is 3. The molecule has 0 saturated carbocycles. The number of benzene rings is 2. The molecule has 9 heteroatoms. The molecule has 0 unspecified atom stereocenters. The average Bonchev–Trinajstić information content (AvgIpc) is 3.29. The molecule has 6 nitrogen and oxygen atoms in total. The Balaban J connectivity index is 1.35. The Hall–Kier alpha value is -3.56. The van der Waals surface area contributed by atoms with Crippen LogP contribution in [0.3, 0.4) is 0 Å². The predicted molar refractivity (Wildman–Crippen MR) is 126 cm³/mol. The van der Waals surface area contributed by atoms with Crippen molar-refractivity contribution in [2.45, 2.75) is 12.7 Å². The third-order valence-corrected chi connectivity index (χ3v) is 6.21. The third-order valence-electron chi connectivity index (χ3n) is 6.21. The number of piperazine rings is 1. The zero-order valence-electron chi connectivity index (χ0n) is 18.9. The maximum atomic E-state index is 13.8. The molecule has 0 amide bonds. The van der Waals surface area contributed by atoms with Gasteiger partial charge in [0, 0.05) is 38.3 Å². The Morgan fingerprint density at radius 1 is 0.886 bits per heavy atom. The summed E-state index contributed by atoms with van der Waals surface area (Å²) in [7, 11) is 0. The van der Waals surface area contributed by atoms with Crippen molar-refractivity contribution >= 4 is 11.4 Å². The SMILES string of the molecule is O=C(CN1CCN(Cc2ccccc2)CC1)c1cnn2c(C(F)(F)F)cc(-c3ccccc3)nc12. The molecule has 1 saturated heterocycles. The highest BCUT2D eigenvalue weighted by molar-refractivity contribution is 6.02. The van der Waals surface area contributed by atoms with Gasteiger partial charge in [-0.25, -0.2) is 9.50 Å². The van der Waals surface area contributed by atoms with Crippen molar-refractivity contribution < 1.29 is 18.0 Å². The van der Waals surface area contributed by atoms with E-state index in [1.807, 2.05) is 23.1 Å². The summed E-state index contributed by atoms with van der Waals surface area (Å²) >= 11 is 0. The van der Waals surface area contributed by atoms with E-state index in [9.17, 15) is 18.0 Å². The van der Waals surface area contributed by atoms with Crippen LogP contribution in [0.4, 0.5) is 13.2 Å². The van der Waals surface area contributed by atoms with Crippen LogP contribution < -0.4 is 0 Å². The Morgan fingerprint density at radius 2 is 1.51 bits per heavy atom. The van der Waals surface area contributed by atoms with Gasteiger partial charge in [0.1, 0.15) is 0 Å². The van der Waals surface area contributed by atoms with Crippen LogP contribution in [0.2, 0.25) is 0 Å². The average molecular weight is 480 g/mol. The Labute approximate surface area is 200 Å². The lowest BCUT2D eigenvalue weighted by Crippen LogP contribution is -2.47. The Morgan fingerprint density at radius 3 is 2.17 bits per heavy atom. The van der Waals surface area contributed by atoms with E-state index in [-0.39, 0.29) is 29.2 Å². The molecule has 1 aliphatic heterocycles. The normalized spacial score (nSPS) is 15.5. The van der Waals surface area contributed by atoms with Crippen LogP contribution in [-0.2, 0) is 12.7 Å². The highest BCUT2D eigenvalue weighted by Crippen LogP contribution is 2.32. The van der Waals surface area contributed by atoms with Crippen LogP contribution in [0.1, 0.15) is 21.6 Å². The number of ketones is 1. The van der Waals surface area contributed by atoms with Crippen LogP contribution in [-0.4, -0.2) is 62.9 Å². The van der Waals surface area contributed by atoms with Gasteiger partial charge in [-0.05, 0) is 11.6 Å². The van der Waals surface area contributed by atoms with Crippen LogP contribution in [0.5, 0.6) is 0 Å². The van der Waals surface area contributed by atoms with E-state index in [1.165, 1.54) is 11.8 Å². The molecule has 35 heavy (non-hydrogen) atoms. The molecule has 180 valence electrons. The smallest absolute Gasteiger partial charge is 0.297 e. The number of halogens is 3. The summed E-state index contributed by atoms with van der Waals surface area (Å²) in [6.45, 7) is 3.99. The summed E-state index contributed by atoms with van der Waals surface area (Å²) in [6.07, 6.45) is -3.45. The van der Waals surface area contributed by atoms with E-state index in [0.717, 1.165) is 30.2 Å². The number of hydrogen-bond acceptors (Lipinski definition) is 5. The van der Waals surface area contributed by atoms with Crippen LogP contribution in [0.15, 0.2) is 72.9 Å². The monoisotopic (exact) mass is 479 g/mol. The molecule has 2 aromatic heterocycles. The van der Waals surface area contributed by atoms with Crippen molar-refractivity contribution in [1.82, 2.24) is 24.4 Å². The van der Waals surface area contributed by atoms with Gasteiger partial charge in [0.15, 0.2) is 17.1 Å². The zero-order chi connectivity index (χ0) is 24.4. The van der Waals surface area contributed by atoms with E-state index < -0.39 is 11.9 Å². The number of carbonyl (C=O) groups excluding carboxylic acids is 1. The third kappa shape index (κ3) is 5.11. The van der Waals surface area contributed by atoms with Crippen molar-refractivity contribution in [2.75, 3.05) is 32.7 Å². The second-order valence-corrected chi connectivity index (χ2v) is 8.65. The standard InChI is InChI=1S/C26H24F3N5O/c27-26(28,29)24-15-22(20-9-5-2-6-10-20)31-25-21(16-30-34(24)25)23(35)18-33-13-11-32(12-14-33)17-19-7-3-1-4-8-19/h1-10,15-16H,11-14,17-18H2. The number of carbonyl (C=O) groups is 1. The fraction of sp³-hybridized carbons (Fsp3) is 0.269. The van der Waals surface area contributed by atoms with Gasteiger partial charge in [-0.3, -0.25) is 14.6 Å². The van der Waals surface area contributed by atoms with Crippen molar-refractivity contribution in [1.29, 1.82) is 0 Å². The molecule has 4 aromatic rings. The highest BCUT2D eigenvalue weighted by Gasteiger charge is 2.36. The molecule has 0 N–H and O–H groups in total. The lowest BCUT2D eigenvalue weighted by atomic mass is 10.1. The minimum atomic E-state index is -4.65. The first-order chi connectivity index (χ1) is 16.9. The van der Waals surface area contributed by atoms with Gasteiger partial charge in [0.2, 0.25) is 0 Å². The molecule has 0 radical (unpaired) electrons. The first kappa shape index (κ1) is 23.2. The summed E-state index contributed by atoms with van der Waals surface area (Å²) in [5.74, 6) is -0.289. The Bertz CT molecular complexity index is 1310. The minimum Gasteiger partial charge on any atom is -0.297 e. The number of rotatable bonds is 6. The van der Waals surface area contributed by atoms with E-state index in [2.05, 4.69) is 27.1 Å². The van der Waals surface area contributed by atoms with E-state index in [4.69, 9.17) is 0 Å². The maximum Gasteiger partial charge on any atom is 0.433 e. The summed E-state index contributed by atoms with van der Waals surface area (Å²) in [5, 5.41) is 3.88. The molecule has 0 bridgehead atoms. The first-order valence-corrected chi connectivity index (χ1v) is 11.4. The number of Topliss-reactive ketones (excluding diaryl/α,β-unsaturated/α-hetero) is 1. The van der Waals surface area contributed by atoms with Crippen molar-refractivity contribution in [3.05, 3.63) is 89.7 Å². The molecule has 5 rings (SSSR count).